The van der Waals surface area contributed by atoms with Gasteiger partial charge in [0.1, 0.15) is 4.88 Å². The molecule has 0 radical (unpaired) electrons. The van der Waals surface area contributed by atoms with Crippen molar-refractivity contribution >= 4 is 17.3 Å². The summed E-state index contributed by atoms with van der Waals surface area (Å²) >= 11 is 1.11. The summed E-state index contributed by atoms with van der Waals surface area (Å²) in [7, 11) is 1.53. The van der Waals surface area contributed by atoms with Gasteiger partial charge in [-0.05, 0) is 31.8 Å². The van der Waals surface area contributed by atoms with Gasteiger partial charge in [-0.15, -0.1) is 5.10 Å². The zero-order valence-electron chi connectivity index (χ0n) is 11.4. The second-order valence-electron chi connectivity index (χ2n) is 4.33. The number of aromatic nitrogens is 4. The number of hydrogen-bond donors (Lipinski definition) is 0. The van der Waals surface area contributed by atoms with E-state index >= 15 is 0 Å². The van der Waals surface area contributed by atoms with E-state index in [4.69, 9.17) is 4.74 Å². The van der Waals surface area contributed by atoms with Crippen molar-refractivity contribution in [1.82, 2.24) is 19.4 Å². The van der Waals surface area contributed by atoms with Crippen molar-refractivity contribution in [2.75, 3.05) is 7.11 Å². The van der Waals surface area contributed by atoms with E-state index in [0.717, 1.165) is 11.5 Å². The summed E-state index contributed by atoms with van der Waals surface area (Å²) in [5.41, 5.74) is 1.17. The molecule has 0 aliphatic rings. The highest BCUT2D eigenvalue weighted by atomic mass is 32.1. The first kappa shape index (κ1) is 13.7. The van der Waals surface area contributed by atoms with Crippen LogP contribution in [0.3, 0.4) is 0 Å². The van der Waals surface area contributed by atoms with Crippen molar-refractivity contribution in [3.05, 3.63) is 22.5 Å². The Bertz CT molecular complexity index is 588. The topological polar surface area (TPSA) is 69.9 Å². The average molecular weight is 280 g/mol. The van der Waals surface area contributed by atoms with E-state index in [0.29, 0.717) is 28.4 Å². The first-order valence-electron chi connectivity index (χ1n) is 6.07. The van der Waals surface area contributed by atoms with E-state index in [2.05, 4.69) is 14.7 Å². The Morgan fingerprint density at radius 1 is 1.53 bits per heavy atom. The highest BCUT2D eigenvalue weighted by Crippen LogP contribution is 2.26. The number of rotatable bonds is 5. The summed E-state index contributed by atoms with van der Waals surface area (Å²) in [5.74, 6) is 0.351. The number of carbonyl (C=O) groups excluding carboxylic acids is 1. The maximum absolute atomic E-state index is 12.6. The highest BCUT2D eigenvalue weighted by molar-refractivity contribution is 7.08. The first-order chi connectivity index (χ1) is 9.10. The Morgan fingerprint density at radius 2 is 2.26 bits per heavy atom. The van der Waals surface area contributed by atoms with Crippen LogP contribution in [0.15, 0.2) is 6.20 Å². The smallest absolute Gasteiger partial charge is 0.228 e. The number of hydrogen-bond acceptors (Lipinski definition) is 6. The maximum atomic E-state index is 12.6. The Kier molecular flexibility index (Phi) is 3.94. The van der Waals surface area contributed by atoms with E-state index < -0.39 is 0 Å². The third kappa shape index (κ3) is 2.37. The Labute approximate surface area is 115 Å². The van der Waals surface area contributed by atoms with Gasteiger partial charge in [-0.2, -0.15) is 5.10 Å². The van der Waals surface area contributed by atoms with Crippen LogP contribution in [0.2, 0.25) is 0 Å². The van der Waals surface area contributed by atoms with Crippen LogP contribution in [-0.4, -0.2) is 32.3 Å². The predicted molar refractivity (Wildman–Crippen MR) is 71.9 cm³/mol. The van der Waals surface area contributed by atoms with Gasteiger partial charge in [0, 0.05) is 6.04 Å². The molecule has 2 aromatic rings. The van der Waals surface area contributed by atoms with Crippen molar-refractivity contribution in [1.29, 1.82) is 0 Å². The molecule has 0 fully saturated rings. The molecular formula is C12H16N4O2S. The van der Waals surface area contributed by atoms with Gasteiger partial charge in [0.05, 0.1) is 19.0 Å². The van der Waals surface area contributed by atoms with Crippen molar-refractivity contribution < 1.29 is 9.53 Å². The lowest BCUT2D eigenvalue weighted by atomic mass is 10.1. The molecule has 7 heteroatoms. The van der Waals surface area contributed by atoms with Crippen LogP contribution in [0.5, 0.6) is 5.75 Å². The van der Waals surface area contributed by atoms with Crippen LogP contribution in [-0.2, 0) is 6.42 Å². The van der Waals surface area contributed by atoms with Crippen LogP contribution in [0.1, 0.15) is 47.9 Å². The quantitative estimate of drug-likeness (QED) is 0.785. The second-order valence-corrected chi connectivity index (χ2v) is 5.09. The van der Waals surface area contributed by atoms with E-state index in [-0.39, 0.29) is 11.8 Å². The molecule has 0 aliphatic heterocycles. The number of ketones is 1. The van der Waals surface area contributed by atoms with Crippen molar-refractivity contribution in [2.45, 2.75) is 33.2 Å². The van der Waals surface area contributed by atoms with Gasteiger partial charge in [-0.25, -0.2) is 0 Å². The Balaban J connectivity index is 2.52. The van der Waals surface area contributed by atoms with Crippen molar-refractivity contribution in [2.24, 2.45) is 0 Å². The minimum atomic E-state index is -0.130. The molecule has 0 spiro atoms. The van der Waals surface area contributed by atoms with Crippen LogP contribution in [0, 0.1) is 0 Å². The Morgan fingerprint density at radius 3 is 2.84 bits per heavy atom. The van der Waals surface area contributed by atoms with E-state index in [1.165, 1.54) is 7.11 Å². The van der Waals surface area contributed by atoms with Gasteiger partial charge < -0.3 is 4.74 Å². The van der Waals surface area contributed by atoms with Crippen LogP contribution < -0.4 is 4.74 Å². The van der Waals surface area contributed by atoms with Gasteiger partial charge in [0.25, 0.3) is 0 Å². The molecule has 6 nitrogen and oxygen atoms in total. The fourth-order valence-electron chi connectivity index (χ4n) is 1.82. The average Bonchev–Trinajstić information content (AvgIpc) is 3.03. The normalized spacial score (nSPS) is 11.0. The molecule has 0 N–H and O–H groups in total. The molecule has 19 heavy (non-hydrogen) atoms. The number of nitrogens with zero attached hydrogens (tertiary/aromatic N) is 4. The first-order valence-corrected chi connectivity index (χ1v) is 6.84. The number of aryl methyl sites for hydroxylation is 1. The molecule has 0 amide bonds. The third-order valence-corrected chi connectivity index (χ3v) is 3.55. The minimum Gasteiger partial charge on any atom is -0.493 e. The monoisotopic (exact) mass is 280 g/mol. The number of ether oxygens (including phenoxy) is 1. The molecular weight excluding hydrogens is 264 g/mol. The molecule has 0 aromatic carbocycles. The summed E-state index contributed by atoms with van der Waals surface area (Å²) in [6.45, 7) is 5.88. The SMILES string of the molecule is CCc1nnsc1C(=O)c1c(OC)cnn1C(C)C. The number of carbonyl (C=O) groups is 1. The summed E-state index contributed by atoms with van der Waals surface area (Å²) in [6.07, 6.45) is 2.24. The lowest BCUT2D eigenvalue weighted by Gasteiger charge is -2.10. The fraction of sp³-hybridized carbons (Fsp3) is 0.500. The lowest BCUT2D eigenvalue weighted by Crippen LogP contribution is -2.14. The maximum Gasteiger partial charge on any atom is 0.228 e. The van der Waals surface area contributed by atoms with Crippen LogP contribution in [0.25, 0.3) is 0 Å². The second kappa shape index (κ2) is 5.48. The molecule has 0 unspecified atom stereocenters. The molecule has 2 aromatic heterocycles. The van der Waals surface area contributed by atoms with Gasteiger partial charge in [-0.3, -0.25) is 9.48 Å². The third-order valence-electron chi connectivity index (χ3n) is 2.78. The largest absolute Gasteiger partial charge is 0.493 e. The van der Waals surface area contributed by atoms with Crippen LogP contribution >= 0.6 is 11.5 Å². The molecule has 0 bridgehead atoms. The lowest BCUT2D eigenvalue weighted by molar-refractivity contribution is 0.102. The standard InChI is InChI=1S/C12H16N4O2S/c1-5-8-12(19-15-14-8)11(17)10-9(18-4)6-13-16(10)7(2)3/h6-7H,5H2,1-4H3. The molecule has 0 saturated carbocycles. The Hall–Kier alpha value is -1.76. The van der Waals surface area contributed by atoms with Gasteiger partial charge in [0.15, 0.2) is 11.4 Å². The zero-order chi connectivity index (χ0) is 14.0. The van der Waals surface area contributed by atoms with Gasteiger partial charge >= 0.3 is 0 Å². The zero-order valence-corrected chi connectivity index (χ0v) is 12.2. The molecule has 0 atom stereocenters. The van der Waals surface area contributed by atoms with Crippen molar-refractivity contribution in [3.8, 4) is 5.75 Å². The van der Waals surface area contributed by atoms with Crippen molar-refractivity contribution in [3.63, 3.8) is 0 Å². The summed E-state index contributed by atoms with van der Waals surface area (Å²) < 4.78 is 10.7. The molecule has 2 heterocycles. The molecule has 0 saturated heterocycles. The summed E-state index contributed by atoms with van der Waals surface area (Å²) in [6, 6.07) is 0.0776. The molecule has 0 aliphatic carbocycles. The van der Waals surface area contributed by atoms with E-state index in [1.54, 1.807) is 10.9 Å². The highest BCUT2D eigenvalue weighted by Gasteiger charge is 2.26. The molecule has 102 valence electrons. The summed E-state index contributed by atoms with van der Waals surface area (Å²) in [4.78, 5) is 13.2. The van der Waals surface area contributed by atoms with E-state index in [9.17, 15) is 4.79 Å². The molecule has 2 rings (SSSR count). The summed E-state index contributed by atoms with van der Waals surface area (Å²) in [5, 5.41) is 8.18. The minimum absolute atomic E-state index is 0.0776. The van der Waals surface area contributed by atoms with E-state index in [1.807, 2.05) is 20.8 Å². The fourth-order valence-corrected chi connectivity index (χ4v) is 2.51. The van der Waals surface area contributed by atoms with Crippen LogP contribution in [0.4, 0.5) is 0 Å². The number of methoxy groups -OCH3 is 1. The van der Waals surface area contributed by atoms with Gasteiger partial charge in [0.2, 0.25) is 5.78 Å². The van der Waals surface area contributed by atoms with Gasteiger partial charge in [-0.1, -0.05) is 11.4 Å². The predicted octanol–water partition coefficient (Wildman–Crippen LogP) is 2.12.